The maximum Gasteiger partial charge on any atom is 0.0998 e. The zero-order chi connectivity index (χ0) is 33.4. The summed E-state index contributed by atoms with van der Waals surface area (Å²) in [4.78, 5) is 4.95. The highest BCUT2D eigenvalue weighted by Crippen LogP contribution is 2.43. The zero-order valence-electron chi connectivity index (χ0n) is 28.3. The number of rotatable bonds is 3. The fourth-order valence-electron chi connectivity index (χ4n) is 7.25. The van der Waals surface area contributed by atoms with Crippen LogP contribution in [0.2, 0.25) is 0 Å². The van der Waals surface area contributed by atoms with Crippen LogP contribution in [0.25, 0.3) is 66.1 Å². The molecule has 0 saturated carbocycles. The molecule has 0 radical (unpaired) electrons. The summed E-state index contributed by atoms with van der Waals surface area (Å²) < 4.78 is 4.67. The van der Waals surface area contributed by atoms with Gasteiger partial charge in [0.1, 0.15) is 0 Å². The van der Waals surface area contributed by atoms with Gasteiger partial charge in [0.15, 0.2) is 0 Å². The number of nitrogens with zero attached hydrogens (tertiary/aromatic N) is 4. The van der Waals surface area contributed by atoms with Crippen LogP contribution in [0, 0.1) is 11.3 Å². The number of benzene rings is 5. The molecule has 234 valence electrons. The van der Waals surface area contributed by atoms with Gasteiger partial charge in [0.05, 0.1) is 57.5 Å². The fraction of sp³-hybridized carbons (Fsp3) is 0.182. The number of pyridine rings is 1. The van der Waals surface area contributed by atoms with Crippen LogP contribution in [0.3, 0.4) is 0 Å². The van der Waals surface area contributed by atoms with Crippen LogP contribution in [0.4, 0.5) is 0 Å². The fourth-order valence-corrected chi connectivity index (χ4v) is 7.25. The van der Waals surface area contributed by atoms with Gasteiger partial charge in [-0.15, -0.1) is 0 Å². The number of hydrogen-bond acceptors (Lipinski definition) is 2. The molecular weight excluding hydrogens is 585 g/mol. The Morgan fingerprint density at radius 1 is 0.521 bits per heavy atom. The molecule has 4 nitrogen and oxygen atoms in total. The highest BCUT2D eigenvalue weighted by Gasteiger charge is 2.25. The molecular formula is C44H38N4. The van der Waals surface area contributed by atoms with Crippen molar-refractivity contribution < 1.29 is 0 Å². The lowest BCUT2D eigenvalue weighted by molar-refractivity contribution is 0.591. The summed E-state index contributed by atoms with van der Waals surface area (Å²) in [5.41, 5.74) is 11.4. The van der Waals surface area contributed by atoms with E-state index in [0.717, 1.165) is 44.6 Å². The van der Waals surface area contributed by atoms with Crippen molar-refractivity contribution in [1.82, 2.24) is 14.1 Å². The monoisotopic (exact) mass is 622 g/mol. The smallest absolute Gasteiger partial charge is 0.0998 e. The van der Waals surface area contributed by atoms with Crippen molar-refractivity contribution in [2.45, 2.75) is 52.4 Å². The molecule has 8 rings (SSSR count). The number of hydrogen-bond donors (Lipinski definition) is 0. The van der Waals surface area contributed by atoms with Gasteiger partial charge in [-0.3, -0.25) is 4.98 Å². The molecule has 48 heavy (non-hydrogen) atoms. The van der Waals surface area contributed by atoms with Gasteiger partial charge in [-0.1, -0.05) is 108 Å². The van der Waals surface area contributed by atoms with Crippen molar-refractivity contribution in [3.8, 4) is 28.6 Å². The lowest BCUT2D eigenvalue weighted by Crippen LogP contribution is -2.10. The summed E-state index contributed by atoms with van der Waals surface area (Å²) in [5, 5.41) is 15.2. The van der Waals surface area contributed by atoms with Gasteiger partial charge < -0.3 is 9.13 Å². The first-order valence-electron chi connectivity index (χ1n) is 16.6. The van der Waals surface area contributed by atoms with E-state index in [1.54, 1.807) is 0 Å². The third-order valence-corrected chi connectivity index (χ3v) is 9.78. The van der Waals surface area contributed by atoms with Crippen LogP contribution >= 0.6 is 0 Å². The number of fused-ring (bicyclic) bond motifs is 6. The Balaban J connectivity index is 1.54. The largest absolute Gasteiger partial charge is 0.307 e. The molecule has 3 heterocycles. The van der Waals surface area contributed by atoms with E-state index >= 15 is 0 Å². The van der Waals surface area contributed by atoms with E-state index in [1.165, 1.54) is 32.7 Å². The van der Waals surface area contributed by atoms with Crippen molar-refractivity contribution in [1.29, 1.82) is 5.26 Å². The minimum Gasteiger partial charge on any atom is -0.307 e. The van der Waals surface area contributed by atoms with Gasteiger partial charge >= 0.3 is 0 Å². The van der Waals surface area contributed by atoms with Crippen molar-refractivity contribution in [2.75, 3.05) is 0 Å². The molecule has 0 unspecified atom stereocenters. The van der Waals surface area contributed by atoms with Gasteiger partial charge in [0, 0.05) is 32.7 Å². The molecule has 4 heteroatoms. The van der Waals surface area contributed by atoms with Gasteiger partial charge in [0.2, 0.25) is 0 Å². The first-order valence-corrected chi connectivity index (χ1v) is 16.6. The van der Waals surface area contributed by atoms with Crippen molar-refractivity contribution in [2.24, 2.45) is 0 Å². The highest BCUT2D eigenvalue weighted by molar-refractivity contribution is 6.12. The van der Waals surface area contributed by atoms with Crippen LogP contribution in [-0.4, -0.2) is 14.1 Å². The minimum absolute atomic E-state index is 0.0130. The number of aromatic nitrogens is 3. The Kier molecular flexibility index (Phi) is 6.62. The molecule has 0 amide bonds. The van der Waals surface area contributed by atoms with Crippen molar-refractivity contribution in [3.05, 3.63) is 138 Å². The van der Waals surface area contributed by atoms with E-state index in [1.807, 2.05) is 30.6 Å². The quantitative estimate of drug-likeness (QED) is 0.197. The maximum absolute atomic E-state index is 10.4. The van der Waals surface area contributed by atoms with Gasteiger partial charge in [0.25, 0.3) is 0 Å². The molecule has 0 spiro atoms. The van der Waals surface area contributed by atoms with E-state index in [2.05, 4.69) is 148 Å². The van der Waals surface area contributed by atoms with Crippen LogP contribution in [0.15, 0.2) is 122 Å². The third kappa shape index (κ3) is 4.53. The van der Waals surface area contributed by atoms with E-state index < -0.39 is 0 Å². The summed E-state index contributed by atoms with van der Waals surface area (Å²) in [5.74, 6) is 0. The van der Waals surface area contributed by atoms with Crippen LogP contribution in [0.5, 0.6) is 0 Å². The topological polar surface area (TPSA) is 46.5 Å². The highest BCUT2D eigenvalue weighted by atomic mass is 15.0. The SMILES string of the molecule is CC(C)(C)c1ccc2c(c1)c1ccccc1n2-c1cncc(-n2c3ccccc3c3cc(C(C)(C)C)ccc32)c1-c1ccccc1C#N. The van der Waals surface area contributed by atoms with E-state index in [0.29, 0.717) is 5.56 Å². The van der Waals surface area contributed by atoms with Gasteiger partial charge in [-0.05, 0) is 64.4 Å². The molecule has 0 atom stereocenters. The summed E-state index contributed by atoms with van der Waals surface area (Å²) in [7, 11) is 0. The Hall–Kier alpha value is -5.66. The Bertz CT molecular complexity index is 2440. The Morgan fingerprint density at radius 3 is 1.44 bits per heavy atom. The molecule has 0 fully saturated rings. The van der Waals surface area contributed by atoms with Crippen molar-refractivity contribution >= 4 is 43.6 Å². The number of para-hydroxylation sites is 2. The normalized spacial score (nSPS) is 12.4. The van der Waals surface area contributed by atoms with Crippen LogP contribution in [0.1, 0.15) is 58.2 Å². The molecule has 8 aromatic rings. The van der Waals surface area contributed by atoms with E-state index in [9.17, 15) is 5.26 Å². The zero-order valence-corrected chi connectivity index (χ0v) is 28.3. The van der Waals surface area contributed by atoms with Gasteiger partial charge in [-0.2, -0.15) is 5.26 Å². The molecule has 5 aromatic carbocycles. The predicted molar refractivity (Wildman–Crippen MR) is 200 cm³/mol. The van der Waals surface area contributed by atoms with E-state index in [4.69, 9.17) is 4.98 Å². The molecule has 0 saturated heterocycles. The first kappa shape index (κ1) is 29.7. The average Bonchev–Trinajstić information content (AvgIpc) is 3.59. The third-order valence-electron chi connectivity index (χ3n) is 9.78. The summed E-state index contributed by atoms with van der Waals surface area (Å²) >= 11 is 0. The standard InChI is InChI=1S/C44H38N4/c1-43(2,3)29-19-21-38-34(23-29)32-15-9-11-17-36(32)47(38)40-26-46-27-41(42(40)31-14-8-7-13-28(31)25-45)48-37-18-12-10-16-33(37)35-24-30(44(4,5)6)20-22-39(35)48/h7-24,26-27H,1-6H3. The lowest BCUT2D eigenvalue weighted by atomic mass is 9.86. The lowest BCUT2D eigenvalue weighted by Gasteiger charge is -2.21. The van der Waals surface area contributed by atoms with Crippen LogP contribution < -0.4 is 0 Å². The second-order valence-electron chi connectivity index (χ2n) is 14.9. The Morgan fingerprint density at radius 2 is 0.958 bits per heavy atom. The average molecular weight is 623 g/mol. The maximum atomic E-state index is 10.4. The number of nitriles is 1. The van der Waals surface area contributed by atoms with Crippen molar-refractivity contribution in [3.63, 3.8) is 0 Å². The van der Waals surface area contributed by atoms with Crippen LogP contribution in [-0.2, 0) is 10.8 Å². The van der Waals surface area contributed by atoms with Gasteiger partial charge in [-0.25, -0.2) is 0 Å². The second kappa shape index (κ2) is 10.7. The molecule has 0 aliphatic heterocycles. The predicted octanol–water partition coefficient (Wildman–Crippen LogP) is 11.4. The Labute approximate surface area is 281 Å². The first-order chi connectivity index (χ1) is 23.1. The molecule has 0 aliphatic carbocycles. The summed E-state index contributed by atoms with van der Waals surface area (Å²) in [6, 6.07) is 41.3. The molecule has 0 aliphatic rings. The molecule has 0 bridgehead atoms. The minimum atomic E-state index is 0.0130. The van der Waals surface area contributed by atoms with E-state index in [-0.39, 0.29) is 10.8 Å². The molecule has 0 N–H and O–H groups in total. The molecule has 3 aromatic heterocycles. The summed E-state index contributed by atoms with van der Waals surface area (Å²) in [6.07, 6.45) is 3.92. The second-order valence-corrected chi connectivity index (χ2v) is 14.9. The summed E-state index contributed by atoms with van der Waals surface area (Å²) in [6.45, 7) is 13.5.